The first-order chi connectivity index (χ1) is 15.3. The minimum Gasteiger partial charge on any atom is -0.489 e. The zero-order chi connectivity index (χ0) is 22.7. The van der Waals surface area contributed by atoms with Crippen molar-refractivity contribution >= 4 is 28.9 Å². The number of carbonyl (C=O) groups excluding carboxylic acids is 1. The molecule has 1 fully saturated rings. The summed E-state index contributed by atoms with van der Waals surface area (Å²) in [6.45, 7) is 2.91. The zero-order valence-electron chi connectivity index (χ0n) is 17.1. The Bertz CT molecular complexity index is 994. The Morgan fingerprint density at radius 1 is 1.06 bits per heavy atom. The predicted octanol–water partition coefficient (Wildman–Crippen LogP) is 4.54. The molecule has 10 heteroatoms. The van der Waals surface area contributed by atoms with Gasteiger partial charge in [0.2, 0.25) is 5.91 Å². The predicted molar refractivity (Wildman–Crippen MR) is 114 cm³/mol. The van der Waals surface area contributed by atoms with Gasteiger partial charge in [0.15, 0.2) is 11.5 Å². The van der Waals surface area contributed by atoms with E-state index in [1.165, 1.54) is 6.07 Å². The van der Waals surface area contributed by atoms with Crippen molar-refractivity contribution in [1.29, 1.82) is 0 Å². The summed E-state index contributed by atoms with van der Waals surface area (Å²) in [7, 11) is 0. The molecule has 2 aromatic rings. The molecule has 32 heavy (non-hydrogen) atoms. The third-order valence-corrected chi connectivity index (χ3v) is 5.46. The molecule has 0 radical (unpaired) electrons. The Morgan fingerprint density at radius 3 is 2.56 bits per heavy atom. The fourth-order valence-electron chi connectivity index (χ4n) is 3.66. The number of fused-ring (bicyclic) bond motifs is 1. The van der Waals surface area contributed by atoms with Crippen LogP contribution in [0, 0.1) is 0 Å². The Kier molecular flexibility index (Phi) is 6.66. The molecule has 0 unspecified atom stereocenters. The Morgan fingerprint density at radius 2 is 1.81 bits per heavy atom. The van der Waals surface area contributed by atoms with Crippen molar-refractivity contribution < 1.29 is 32.2 Å². The number of alkyl halides is 3. The lowest BCUT2D eigenvalue weighted by atomic mass is 10.1. The van der Waals surface area contributed by atoms with Crippen LogP contribution in [0.4, 0.5) is 24.5 Å². The average Bonchev–Trinajstić information content (AvgIpc) is 2.99. The summed E-state index contributed by atoms with van der Waals surface area (Å²) in [4.78, 5) is 14.7. The second-order valence-corrected chi connectivity index (χ2v) is 7.92. The number of benzene rings is 2. The molecule has 4 rings (SSSR count). The summed E-state index contributed by atoms with van der Waals surface area (Å²) in [5.74, 6) is 0.413. The largest absolute Gasteiger partial charge is 0.489 e. The Balaban J connectivity index is 1.57. The van der Waals surface area contributed by atoms with Gasteiger partial charge in [0.05, 0.1) is 54.8 Å². The highest BCUT2D eigenvalue weighted by atomic mass is 35.5. The van der Waals surface area contributed by atoms with E-state index in [2.05, 4.69) is 5.32 Å². The molecule has 1 N–H and O–H groups in total. The van der Waals surface area contributed by atoms with Gasteiger partial charge in [-0.3, -0.25) is 4.79 Å². The molecule has 0 atom stereocenters. The van der Waals surface area contributed by atoms with E-state index < -0.39 is 17.6 Å². The van der Waals surface area contributed by atoms with Crippen LogP contribution in [-0.4, -0.2) is 45.4 Å². The van der Waals surface area contributed by atoms with Crippen LogP contribution in [0.2, 0.25) is 5.02 Å². The van der Waals surface area contributed by atoms with E-state index in [1.807, 2.05) is 4.90 Å². The number of carbonyl (C=O) groups is 1. The SMILES string of the molecule is O=C(Cc1cc(Cl)c2c(c1)OCCCO2)Nc1cc(C(F)(F)F)ccc1N1CCOCC1. The van der Waals surface area contributed by atoms with Crippen molar-refractivity contribution in [3.8, 4) is 11.5 Å². The van der Waals surface area contributed by atoms with Crippen molar-refractivity contribution in [3.05, 3.63) is 46.5 Å². The molecule has 1 saturated heterocycles. The first-order valence-corrected chi connectivity index (χ1v) is 10.6. The Labute approximate surface area is 188 Å². The van der Waals surface area contributed by atoms with Crippen LogP contribution in [-0.2, 0) is 22.1 Å². The van der Waals surface area contributed by atoms with Gasteiger partial charge in [-0.1, -0.05) is 11.6 Å². The lowest BCUT2D eigenvalue weighted by molar-refractivity contribution is -0.137. The number of amides is 1. The highest BCUT2D eigenvalue weighted by Crippen LogP contribution is 2.39. The van der Waals surface area contributed by atoms with E-state index in [0.717, 1.165) is 12.1 Å². The molecular formula is C22H22ClF3N2O4. The normalized spacial score (nSPS) is 16.4. The summed E-state index contributed by atoms with van der Waals surface area (Å²) in [6.07, 6.45) is -3.90. The van der Waals surface area contributed by atoms with Crippen LogP contribution in [0.1, 0.15) is 17.5 Å². The maximum atomic E-state index is 13.3. The second-order valence-electron chi connectivity index (χ2n) is 7.51. The summed E-state index contributed by atoms with van der Waals surface area (Å²) < 4.78 is 56.4. The first kappa shape index (κ1) is 22.5. The molecule has 0 saturated carbocycles. The molecule has 0 aliphatic carbocycles. The van der Waals surface area contributed by atoms with Crippen molar-refractivity contribution in [2.45, 2.75) is 19.0 Å². The summed E-state index contributed by atoms with van der Waals surface area (Å²) in [5, 5.41) is 2.96. The van der Waals surface area contributed by atoms with Gasteiger partial charge in [-0.15, -0.1) is 0 Å². The van der Waals surface area contributed by atoms with Crippen LogP contribution in [0.3, 0.4) is 0 Å². The fraction of sp³-hybridized carbons (Fsp3) is 0.409. The number of nitrogens with zero attached hydrogens (tertiary/aromatic N) is 1. The molecular weight excluding hydrogens is 449 g/mol. The Hall–Kier alpha value is -2.65. The molecule has 172 valence electrons. The van der Waals surface area contributed by atoms with Crippen LogP contribution in [0.5, 0.6) is 11.5 Å². The lowest BCUT2D eigenvalue weighted by Crippen LogP contribution is -2.37. The number of morpholine rings is 1. The number of rotatable bonds is 4. The highest BCUT2D eigenvalue weighted by molar-refractivity contribution is 6.32. The van der Waals surface area contributed by atoms with E-state index in [1.54, 1.807) is 12.1 Å². The van der Waals surface area contributed by atoms with Gasteiger partial charge in [0.25, 0.3) is 0 Å². The number of hydrogen-bond donors (Lipinski definition) is 1. The van der Waals surface area contributed by atoms with E-state index in [4.69, 9.17) is 25.8 Å². The molecule has 2 heterocycles. The fourth-order valence-corrected chi connectivity index (χ4v) is 3.95. The van der Waals surface area contributed by atoms with Gasteiger partial charge >= 0.3 is 6.18 Å². The molecule has 2 aromatic carbocycles. The van der Waals surface area contributed by atoms with Gasteiger partial charge in [0, 0.05) is 19.5 Å². The maximum Gasteiger partial charge on any atom is 0.416 e. The number of ether oxygens (including phenoxy) is 3. The van der Waals surface area contributed by atoms with Gasteiger partial charge in [-0.25, -0.2) is 0 Å². The second kappa shape index (κ2) is 9.46. The molecule has 2 aliphatic heterocycles. The number of hydrogen-bond acceptors (Lipinski definition) is 5. The van der Waals surface area contributed by atoms with Crippen molar-refractivity contribution in [1.82, 2.24) is 0 Å². The van der Waals surface area contributed by atoms with Gasteiger partial charge in [0.1, 0.15) is 0 Å². The summed E-state index contributed by atoms with van der Waals surface area (Å²) in [5.41, 5.74) is 0.360. The smallest absolute Gasteiger partial charge is 0.416 e. The number of nitrogens with one attached hydrogen (secondary N) is 1. The standard InChI is InChI=1S/C22H22ClF3N2O4/c23-16-10-14(11-19-21(16)32-7-1-6-31-19)12-20(29)27-17-13-15(22(24,25)26)2-3-18(17)28-4-8-30-9-5-28/h2-3,10-11,13H,1,4-9,12H2,(H,27,29). The molecule has 2 aliphatic rings. The third-order valence-electron chi connectivity index (χ3n) is 5.18. The quantitative estimate of drug-likeness (QED) is 0.711. The molecule has 0 spiro atoms. The van der Waals surface area contributed by atoms with Crippen molar-refractivity contribution in [2.75, 3.05) is 49.7 Å². The minimum atomic E-state index is -4.52. The van der Waals surface area contributed by atoms with E-state index in [-0.39, 0.29) is 12.1 Å². The first-order valence-electron chi connectivity index (χ1n) is 10.2. The van der Waals surface area contributed by atoms with Crippen LogP contribution in [0.25, 0.3) is 0 Å². The van der Waals surface area contributed by atoms with Crippen LogP contribution < -0.4 is 19.7 Å². The molecule has 0 aromatic heterocycles. The van der Waals surface area contributed by atoms with Crippen LogP contribution in [0.15, 0.2) is 30.3 Å². The topological polar surface area (TPSA) is 60.0 Å². The maximum absolute atomic E-state index is 13.3. The molecule has 1 amide bonds. The van der Waals surface area contributed by atoms with E-state index in [0.29, 0.717) is 73.7 Å². The highest BCUT2D eigenvalue weighted by Gasteiger charge is 2.32. The average molecular weight is 471 g/mol. The zero-order valence-corrected chi connectivity index (χ0v) is 17.9. The lowest BCUT2D eigenvalue weighted by Gasteiger charge is -2.31. The van der Waals surface area contributed by atoms with Gasteiger partial charge in [-0.05, 0) is 35.9 Å². The van der Waals surface area contributed by atoms with E-state index >= 15 is 0 Å². The van der Waals surface area contributed by atoms with E-state index in [9.17, 15) is 18.0 Å². The van der Waals surface area contributed by atoms with Crippen LogP contribution >= 0.6 is 11.6 Å². The van der Waals surface area contributed by atoms with Gasteiger partial charge < -0.3 is 24.4 Å². The van der Waals surface area contributed by atoms with Crippen molar-refractivity contribution in [2.24, 2.45) is 0 Å². The summed E-state index contributed by atoms with van der Waals surface area (Å²) >= 11 is 6.28. The number of anilines is 2. The monoisotopic (exact) mass is 470 g/mol. The van der Waals surface area contributed by atoms with Crippen molar-refractivity contribution in [3.63, 3.8) is 0 Å². The summed E-state index contributed by atoms with van der Waals surface area (Å²) in [6, 6.07) is 6.63. The number of halogens is 4. The minimum absolute atomic E-state index is 0.0881. The molecule has 0 bridgehead atoms. The third kappa shape index (κ3) is 5.21. The molecule has 6 nitrogen and oxygen atoms in total. The van der Waals surface area contributed by atoms with Gasteiger partial charge in [-0.2, -0.15) is 13.2 Å².